The minimum absolute atomic E-state index is 0.0163. The Hall–Kier alpha value is -3.83. The maximum absolute atomic E-state index is 13.0. The molecule has 3 aromatic heterocycles. The molecule has 3 heterocycles. The lowest BCUT2D eigenvalue weighted by Crippen LogP contribution is -2.35. The zero-order chi connectivity index (χ0) is 23.5. The van der Waals surface area contributed by atoms with Crippen molar-refractivity contribution in [3.63, 3.8) is 0 Å². The van der Waals surface area contributed by atoms with Crippen LogP contribution in [0, 0.1) is 5.82 Å². The number of nitrogen functional groups attached to an aromatic ring is 1. The fourth-order valence-electron chi connectivity index (χ4n) is 3.15. The number of carbonyl (C=O) groups excluding carboxylic acids is 2. The van der Waals surface area contributed by atoms with Crippen molar-refractivity contribution in [2.45, 2.75) is 19.5 Å². The van der Waals surface area contributed by atoms with Crippen LogP contribution in [0.4, 0.5) is 10.3 Å². The molecule has 5 N–H and O–H groups in total. The lowest BCUT2D eigenvalue weighted by molar-refractivity contribution is 0.0921. The number of nitrogens with one attached hydrogen (secondary N) is 2. The van der Waals surface area contributed by atoms with Crippen molar-refractivity contribution in [3.8, 4) is 11.1 Å². The molecule has 11 heteroatoms. The van der Waals surface area contributed by atoms with Crippen LogP contribution in [0.3, 0.4) is 0 Å². The van der Waals surface area contributed by atoms with Crippen LogP contribution in [0.5, 0.6) is 0 Å². The smallest absolute Gasteiger partial charge is 0.261 e. The van der Waals surface area contributed by atoms with E-state index in [4.69, 9.17) is 5.73 Å². The summed E-state index contributed by atoms with van der Waals surface area (Å²) in [4.78, 5) is 29.9. The van der Waals surface area contributed by atoms with E-state index in [-0.39, 0.29) is 42.0 Å². The van der Waals surface area contributed by atoms with E-state index in [1.54, 1.807) is 42.8 Å². The van der Waals surface area contributed by atoms with Gasteiger partial charge in [-0.25, -0.2) is 8.91 Å². The second-order valence-electron chi connectivity index (χ2n) is 7.45. The Labute approximate surface area is 192 Å². The zero-order valence-electron chi connectivity index (χ0n) is 17.6. The molecule has 0 aliphatic rings. The molecule has 2 amide bonds. The van der Waals surface area contributed by atoms with Crippen molar-refractivity contribution < 1.29 is 19.1 Å². The van der Waals surface area contributed by atoms with Crippen LogP contribution in [0.1, 0.15) is 32.5 Å². The number of rotatable bonds is 7. The number of hydrogen-bond donors (Lipinski definition) is 4. The van der Waals surface area contributed by atoms with E-state index in [9.17, 15) is 19.1 Å². The van der Waals surface area contributed by atoms with Crippen LogP contribution >= 0.6 is 11.3 Å². The van der Waals surface area contributed by atoms with Crippen LogP contribution in [0.15, 0.2) is 48.0 Å². The molecular formula is C22H21FN6O3S. The van der Waals surface area contributed by atoms with Gasteiger partial charge in [-0.1, -0.05) is 12.1 Å². The van der Waals surface area contributed by atoms with Crippen molar-refractivity contribution in [1.29, 1.82) is 0 Å². The second-order valence-corrected chi connectivity index (χ2v) is 8.36. The maximum Gasteiger partial charge on any atom is 0.261 e. The first kappa shape index (κ1) is 22.4. The molecule has 0 saturated heterocycles. The Kier molecular flexibility index (Phi) is 6.33. The van der Waals surface area contributed by atoms with Crippen LogP contribution < -0.4 is 16.4 Å². The highest BCUT2D eigenvalue weighted by molar-refractivity contribution is 7.12. The number of amides is 2. The molecule has 1 atom stereocenters. The van der Waals surface area contributed by atoms with Gasteiger partial charge < -0.3 is 21.5 Å². The second kappa shape index (κ2) is 9.35. The van der Waals surface area contributed by atoms with Gasteiger partial charge in [0.1, 0.15) is 5.82 Å². The minimum Gasteiger partial charge on any atom is -0.394 e. The number of hydrogen-bond acceptors (Lipinski definition) is 7. The number of aliphatic hydroxyl groups is 1. The molecule has 0 aliphatic carbocycles. The molecule has 0 saturated carbocycles. The number of halogens is 1. The van der Waals surface area contributed by atoms with E-state index < -0.39 is 11.9 Å². The fourth-order valence-corrected chi connectivity index (χ4v) is 3.99. The van der Waals surface area contributed by atoms with Crippen molar-refractivity contribution in [2.24, 2.45) is 0 Å². The summed E-state index contributed by atoms with van der Waals surface area (Å²) in [5, 5.41) is 20.6. The zero-order valence-corrected chi connectivity index (χ0v) is 18.4. The number of aromatic nitrogens is 3. The Morgan fingerprint density at radius 2 is 1.97 bits per heavy atom. The van der Waals surface area contributed by atoms with Gasteiger partial charge in [0.25, 0.3) is 11.8 Å². The molecule has 0 aliphatic heterocycles. The van der Waals surface area contributed by atoms with E-state index in [0.717, 1.165) is 5.56 Å². The number of benzene rings is 1. The summed E-state index contributed by atoms with van der Waals surface area (Å²) >= 11 is 1.25. The highest BCUT2D eigenvalue weighted by Crippen LogP contribution is 2.28. The Balaban J connectivity index is 1.58. The topological polar surface area (TPSA) is 135 Å². The minimum atomic E-state index is -0.445. The number of aliphatic hydroxyl groups excluding tert-OH is 1. The van der Waals surface area contributed by atoms with Crippen LogP contribution in [-0.4, -0.2) is 44.2 Å². The standard InChI is InChI=1S/C22H21FN6O3S/c1-12(10-30)26-20(31)17-6-14(9-29-19(17)27-22(24)28-29)15-7-18(33-11-15)21(32)25-8-13-2-4-16(23)5-3-13/h2-7,9,11-12,30H,8,10H2,1H3,(H2,24,28)(H,25,32)(H,26,31)/t12-/m0/s1. The Bertz CT molecular complexity index is 1320. The number of pyridine rings is 1. The van der Waals surface area contributed by atoms with Crippen molar-refractivity contribution in [2.75, 3.05) is 12.3 Å². The van der Waals surface area contributed by atoms with Crippen LogP contribution in [-0.2, 0) is 6.54 Å². The molecule has 4 rings (SSSR count). The third-order valence-electron chi connectivity index (χ3n) is 4.87. The summed E-state index contributed by atoms with van der Waals surface area (Å²) in [5.74, 6) is -1.01. The van der Waals surface area contributed by atoms with Crippen molar-refractivity contribution in [3.05, 3.63) is 69.8 Å². The van der Waals surface area contributed by atoms with Gasteiger partial charge in [0, 0.05) is 24.3 Å². The summed E-state index contributed by atoms with van der Waals surface area (Å²) < 4.78 is 14.4. The number of nitrogens with zero attached hydrogens (tertiary/aromatic N) is 3. The van der Waals surface area contributed by atoms with Crippen LogP contribution in [0.25, 0.3) is 16.8 Å². The maximum atomic E-state index is 13.0. The van der Waals surface area contributed by atoms with Gasteiger partial charge in [-0.05, 0) is 47.7 Å². The average molecular weight is 469 g/mol. The molecule has 33 heavy (non-hydrogen) atoms. The van der Waals surface area contributed by atoms with E-state index in [1.807, 2.05) is 0 Å². The molecule has 9 nitrogen and oxygen atoms in total. The highest BCUT2D eigenvalue weighted by atomic mass is 32.1. The number of nitrogens with two attached hydrogens (primary N) is 1. The third-order valence-corrected chi connectivity index (χ3v) is 5.80. The molecule has 0 fully saturated rings. The number of fused-ring (bicyclic) bond motifs is 1. The predicted molar refractivity (Wildman–Crippen MR) is 122 cm³/mol. The molecule has 4 aromatic rings. The molecule has 0 spiro atoms. The van der Waals surface area contributed by atoms with Gasteiger partial charge in [-0.15, -0.1) is 16.4 Å². The summed E-state index contributed by atoms with van der Waals surface area (Å²) in [6.45, 7) is 1.73. The van der Waals surface area contributed by atoms with Crippen molar-refractivity contribution in [1.82, 2.24) is 25.2 Å². The van der Waals surface area contributed by atoms with Gasteiger partial charge in [-0.2, -0.15) is 4.98 Å². The molecule has 1 aromatic carbocycles. The SMILES string of the molecule is C[C@@H](CO)NC(=O)c1cc(-c2csc(C(=O)NCc3ccc(F)cc3)c2)cn2nc(N)nc12. The normalized spacial score (nSPS) is 12.0. The van der Waals surface area contributed by atoms with Gasteiger partial charge in [0.05, 0.1) is 17.0 Å². The predicted octanol–water partition coefficient (Wildman–Crippen LogP) is 2.22. The van der Waals surface area contributed by atoms with E-state index in [1.165, 1.54) is 28.0 Å². The van der Waals surface area contributed by atoms with Crippen LogP contribution in [0.2, 0.25) is 0 Å². The largest absolute Gasteiger partial charge is 0.394 e. The van der Waals surface area contributed by atoms with Gasteiger partial charge in [-0.3, -0.25) is 9.59 Å². The monoisotopic (exact) mass is 468 g/mol. The van der Waals surface area contributed by atoms with Gasteiger partial charge >= 0.3 is 0 Å². The first-order valence-corrected chi connectivity index (χ1v) is 10.9. The Morgan fingerprint density at radius 1 is 1.21 bits per heavy atom. The quantitative estimate of drug-likeness (QED) is 0.329. The van der Waals surface area contributed by atoms with E-state index >= 15 is 0 Å². The Morgan fingerprint density at radius 3 is 2.70 bits per heavy atom. The van der Waals surface area contributed by atoms with Gasteiger partial charge in [0.2, 0.25) is 5.95 Å². The number of anilines is 1. The lowest BCUT2D eigenvalue weighted by Gasteiger charge is -2.12. The summed E-state index contributed by atoms with van der Waals surface area (Å²) in [6, 6.07) is 8.81. The van der Waals surface area contributed by atoms with E-state index in [2.05, 4.69) is 20.7 Å². The van der Waals surface area contributed by atoms with Crippen molar-refractivity contribution >= 4 is 34.7 Å². The third kappa shape index (κ3) is 4.99. The molecule has 0 radical (unpaired) electrons. The summed E-state index contributed by atoms with van der Waals surface area (Å²) in [5.41, 5.74) is 8.39. The molecule has 0 unspecified atom stereocenters. The number of thiophene rings is 1. The molecule has 0 bridgehead atoms. The van der Waals surface area contributed by atoms with E-state index in [0.29, 0.717) is 16.0 Å². The lowest BCUT2D eigenvalue weighted by atomic mass is 10.1. The molecule has 170 valence electrons. The number of carbonyl (C=O) groups is 2. The summed E-state index contributed by atoms with van der Waals surface area (Å²) in [7, 11) is 0. The first-order valence-electron chi connectivity index (χ1n) is 10.0. The fraction of sp³-hybridized carbons (Fsp3) is 0.182. The average Bonchev–Trinajstić information content (AvgIpc) is 3.43. The van der Waals surface area contributed by atoms with Gasteiger partial charge in [0.15, 0.2) is 5.65 Å². The first-order chi connectivity index (χ1) is 15.8. The summed E-state index contributed by atoms with van der Waals surface area (Å²) in [6.07, 6.45) is 1.67. The highest BCUT2D eigenvalue weighted by Gasteiger charge is 2.19. The molecular weight excluding hydrogens is 447 g/mol.